The van der Waals surface area contributed by atoms with Crippen LogP contribution in [0.5, 0.6) is 0 Å². The molecule has 0 fully saturated rings. The number of nitrogens with one attached hydrogen (secondary N) is 1. The van der Waals surface area contributed by atoms with Crippen LogP contribution in [-0.2, 0) is 27.1 Å². The molecule has 0 spiro atoms. The third kappa shape index (κ3) is 5.59. The summed E-state index contributed by atoms with van der Waals surface area (Å²) in [6, 6.07) is 7.24. The zero-order valence-electron chi connectivity index (χ0n) is 10.6. The second-order valence-corrected chi connectivity index (χ2v) is 5.68. The van der Waals surface area contributed by atoms with Crippen LogP contribution in [0.2, 0.25) is 0 Å². The highest BCUT2D eigenvalue weighted by molar-refractivity contribution is 7.88. The van der Waals surface area contributed by atoms with Crippen LogP contribution in [0.3, 0.4) is 0 Å². The maximum Gasteiger partial charge on any atom is 0.215 e. The van der Waals surface area contributed by atoms with Crippen LogP contribution in [0.1, 0.15) is 18.1 Å². The van der Waals surface area contributed by atoms with Crippen LogP contribution in [-0.4, -0.2) is 28.2 Å². The highest BCUT2D eigenvalue weighted by Crippen LogP contribution is 2.07. The van der Waals surface area contributed by atoms with E-state index >= 15 is 0 Å². The highest BCUT2D eigenvalue weighted by atomic mass is 32.2. The first kappa shape index (κ1) is 15.1. The molecule has 5 nitrogen and oxygen atoms in total. The summed E-state index contributed by atoms with van der Waals surface area (Å²) in [5.41, 5.74) is 7.21. The molecule has 0 saturated carbocycles. The molecule has 0 radical (unpaired) electrons. The van der Waals surface area contributed by atoms with Crippen molar-refractivity contribution in [3.8, 4) is 0 Å². The van der Waals surface area contributed by atoms with Crippen molar-refractivity contribution in [2.75, 3.05) is 19.8 Å². The fraction of sp³-hybridized carbons (Fsp3) is 0.500. The molecule has 0 aliphatic rings. The monoisotopic (exact) mass is 272 g/mol. The minimum Gasteiger partial charge on any atom is -0.380 e. The summed E-state index contributed by atoms with van der Waals surface area (Å²) in [6.07, 6.45) is 0. The van der Waals surface area contributed by atoms with E-state index in [0.717, 1.165) is 11.1 Å². The molecule has 0 saturated heterocycles. The normalized spacial score (nSPS) is 11.7. The third-order valence-corrected chi connectivity index (χ3v) is 3.75. The van der Waals surface area contributed by atoms with Crippen molar-refractivity contribution in [1.29, 1.82) is 0 Å². The van der Waals surface area contributed by atoms with Gasteiger partial charge in [0.1, 0.15) is 0 Å². The van der Waals surface area contributed by atoms with Gasteiger partial charge in [-0.3, -0.25) is 0 Å². The van der Waals surface area contributed by atoms with Crippen molar-refractivity contribution in [3.05, 3.63) is 35.4 Å². The van der Waals surface area contributed by atoms with Crippen LogP contribution in [0, 0.1) is 0 Å². The van der Waals surface area contributed by atoms with Crippen LogP contribution in [0.4, 0.5) is 0 Å². The number of benzene rings is 1. The average Bonchev–Trinajstić information content (AvgIpc) is 2.35. The zero-order valence-corrected chi connectivity index (χ0v) is 11.4. The van der Waals surface area contributed by atoms with E-state index in [1.165, 1.54) is 0 Å². The molecule has 1 aromatic carbocycles. The molecular formula is C12H20N2O3S. The van der Waals surface area contributed by atoms with Crippen molar-refractivity contribution in [3.63, 3.8) is 0 Å². The molecule has 1 aromatic rings. The Hall–Kier alpha value is -0.950. The van der Waals surface area contributed by atoms with E-state index in [4.69, 9.17) is 10.5 Å². The second kappa shape index (κ2) is 7.48. The minimum atomic E-state index is -3.30. The Balaban J connectivity index is 2.48. The Morgan fingerprint density at radius 2 is 1.83 bits per heavy atom. The summed E-state index contributed by atoms with van der Waals surface area (Å²) in [4.78, 5) is 0. The first-order chi connectivity index (χ1) is 8.57. The standard InChI is InChI=1S/C12H20N2O3S/c1-2-17-8-7-14-18(15,16)10-12-5-3-11(9-13)4-6-12/h3-6,14H,2,7-10,13H2,1H3. The Kier molecular flexibility index (Phi) is 6.28. The van der Waals surface area contributed by atoms with E-state index in [2.05, 4.69) is 4.72 Å². The number of ether oxygens (including phenoxy) is 1. The summed E-state index contributed by atoms with van der Waals surface area (Å²) >= 11 is 0. The maximum atomic E-state index is 11.7. The van der Waals surface area contributed by atoms with Gasteiger partial charge in [0.25, 0.3) is 0 Å². The van der Waals surface area contributed by atoms with Gasteiger partial charge in [0.2, 0.25) is 10.0 Å². The number of nitrogens with two attached hydrogens (primary N) is 1. The van der Waals surface area contributed by atoms with E-state index in [9.17, 15) is 8.42 Å². The summed E-state index contributed by atoms with van der Waals surface area (Å²) in [7, 11) is -3.30. The molecule has 0 aliphatic heterocycles. The fourth-order valence-corrected chi connectivity index (χ4v) is 2.58. The Bertz CT molecular complexity index is 443. The van der Waals surface area contributed by atoms with Gasteiger partial charge in [0.05, 0.1) is 12.4 Å². The minimum absolute atomic E-state index is 0.0238. The van der Waals surface area contributed by atoms with Crippen molar-refractivity contribution in [1.82, 2.24) is 4.72 Å². The van der Waals surface area contributed by atoms with E-state index < -0.39 is 10.0 Å². The molecule has 1 rings (SSSR count). The van der Waals surface area contributed by atoms with Gasteiger partial charge in [-0.05, 0) is 18.1 Å². The molecule has 18 heavy (non-hydrogen) atoms. The molecule has 0 bridgehead atoms. The van der Waals surface area contributed by atoms with Gasteiger partial charge in [-0.15, -0.1) is 0 Å². The number of hydrogen-bond acceptors (Lipinski definition) is 4. The third-order valence-electron chi connectivity index (χ3n) is 2.39. The van der Waals surface area contributed by atoms with Crippen molar-refractivity contribution < 1.29 is 13.2 Å². The van der Waals surface area contributed by atoms with E-state index in [1.807, 2.05) is 19.1 Å². The summed E-state index contributed by atoms with van der Waals surface area (Å²) in [6.45, 7) is 3.61. The lowest BCUT2D eigenvalue weighted by Gasteiger charge is -2.07. The fourth-order valence-electron chi connectivity index (χ4n) is 1.46. The SMILES string of the molecule is CCOCCNS(=O)(=O)Cc1ccc(CN)cc1. The lowest BCUT2D eigenvalue weighted by Crippen LogP contribution is -2.28. The summed E-state index contributed by atoms with van der Waals surface area (Å²) in [5, 5.41) is 0. The predicted molar refractivity (Wildman–Crippen MR) is 71.5 cm³/mol. The van der Waals surface area contributed by atoms with E-state index in [-0.39, 0.29) is 5.75 Å². The molecule has 0 aliphatic carbocycles. The van der Waals surface area contributed by atoms with Gasteiger partial charge in [0, 0.05) is 19.7 Å². The van der Waals surface area contributed by atoms with E-state index in [1.54, 1.807) is 12.1 Å². The summed E-state index contributed by atoms with van der Waals surface area (Å²) < 4.78 is 31.0. The van der Waals surface area contributed by atoms with Gasteiger partial charge in [-0.25, -0.2) is 13.1 Å². The summed E-state index contributed by atoms with van der Waals surface area (Å²) in [5.74, 6) is -0.0238. The molecule has 3 N–H and O–H groups in total. The number of sulfonamides is 1. The van der Waals surface area contributed by atoms with Crippen molar-refractivity contribution in [2.24, 2.45) is 5.73 Å². The lowest BCUT2D eigenvalue weighted by atomic mass is 10.1. The van der Waals surface area contributed by atoms with Crippen molar-refractivity contribution >= 4 is 10.0 Å². The molecule has 102 valence electrons. The first-order valence-electron chi connectivity index (χ1n) is 5.90. The first-order valence-corrected chi connectivity index (χ1v) is 7.55. The van der Waals surface area contributed by atoms with Crippen molar-refractivity contribution in [2.45, 2.75) is 19.2 Å². The van der Waals surface area contributed by atoms with Gasteiger partial charge in [0.15, 0.2) is 0 Å². The van der Waals surface area contributed by atoms with Gasteiger partial charge < -0.3 is 10.5 Å². The van der Waals surface area contributed by atoms with Gasteiger partial charge >= 0.3 is 0 Å². The average molecular weight is 272 g/mol. The zero-order chi connectivity index (χ0) is 13.4. The van der Waals surface area contributed by atoms with Gasteiger partial charge in [-0.2, -0.15) is 0 Å². The predicted octanol–water partition coefficient (Wildman–Crippen LogP) is 0.601. The second-order valence-electron chi connectivity index (χ2n) is 3.87. The lowest BCUT2D eigenvalue weighted by molar-refractivity contribution is 0.153. The number of hydrogen-bond donors (Lipinski definition) is 2. The van der Waals surface area contributed by atoms with Crippen LogP contribution in [0.25, 0.3) is 0 Å². The smallest absolute Gasteiger partial charge is 0.215 e. The quantitative estimate of drug-likeness (QED) is 0.679. The highest BCUT2D eigenvalue weighted by Gasteiger charge is 2.10. The Labute approximate surface area is 108 Å². The van der Waals surface area contributed by atoms with Crippen LogP contribution >= 0.6 is 0 Å². The molecule has 6 heteroatoms. The molecule has 0 heterocycles. The van der Waals surface area contributed by atoms with Gasteiger partial charge in [-0.1, -0.05) is 24.3 Å². The topological polar surface area (TPSA) is 81.4 Å². The molecule has 0 unspecified atom stereocenters. The molecular weight excluding hydrogens is 252 g/mol. The largest absolute Gasteiger partial charge is 0.380 e. The Morgan fingerprint density at radius 3 is 2.39 bits per heavy atom. The Morgan fingerprint density at radius 1 is 1.22 bits per heavy atom. The van der Waals surface area contributed by atoms with E-state index in [0.29, 0.717) is 26.3 Å². The van der Waals surface area contributed by atoms with Crippen LogP contribution in [0.15, 0.2) is 24.3 Å². The number of rotatable bonds is 8. The molecule has 0 amide bonds. The van der Waals surface area contributed by atoms with Crippen LogP contribution < -0.4 is 10.5 Å². The molecule has 0 atom stereocenters. The molecule has 0 aromatic heterocycles. The maximum absolute atomic E-state index is 11.7.